The van der Waals surface area contributed by atoms with Crippen LogP contribution in [0.4, 0.5) is 0 Å². The molecule has 5 nitrogen and oxygen atoms in total. The third kappa shape index (κ3) is 2.56. The van der Waals surface area contributed by atoms with Gasteiger partial charge in [-0.1, -0.05) is 44.2 Å². The van der Waals surface area contributed by atoms with Crippen molar-refractivity contribution < 1.29 is 4.79 Å². The highest BCUT2D eigenvalue weighted by Gasteiger charge is 2.39. The lowest BCUT2D eigenvalue weighted by Crippen LogP contribution is -2.47. The lowest BCUT2D eigenvalue weighted by Gasteiger charge is -2.37. The summed E-state index contributed by atoms with van der Waals surface area (Å²) in [7, 11) is 0. The first-order valence-electron chi connectivity index (χ1n) is 7.13. The fourth-order valence-corrected chi connectivity index (χ4v) is 3.08. The number of ketones is 1. The Kier molecular flexibility index (Phi) is 3.29. The summed E-state index contributed by atoms with van der Waals surface area (Å²) in [6.07, 6.45) is 1.37. The van der Waals surface area contributed by atoms with Crippen LogP contribution in [0.25, 0.3) is 0 Å². The average molecular weight is 284 g/mol. The minimum atomic E-state index is -0.280. The molecule has 1 aliphatic heterocycles. The summed E-state index contributed by atoms with van der Waals surface area (Å²) in [5, 5.41) is 3.16. The van der Waals surface area contributed by atoms with Gasteiger partial charge < -0.3 is 5.32 Å². The minimum Gasteiger partial charge on any atom is -0.328 e. The zero-order chi connectivity index (χ0) is 15.0. The maximum absolute atomic E-state index is 12.6. The van der Waals surface area contributed by atoms with Crippen LogP contribution in [-0.2, 0) is 4.79 Å². The Balaban J connectivity index is 2.08. The van der Waals surface area contributed by atoms with Gasteiger partial charge in [-0.15, -0.1) is 0 Å². The van der Waals surface area contributed by atoms with Crippen molar-refractivity contribution in [1.29, 1.82) is 0 Å². The quantitative estimate of drug-likeness (QED) is 0.542. The molecule has 2 aliphatic rings. The van der Waals surface area contributed by atoms with Gasteiger partial charge in [0.25, 0.3) is 0 Å². The van der Waals surface area contributed by atoms with Gasteiger partial charge in [-0.2, -0.15) is 0 Å². The van der Waals surface area contributed by atoms with Crippen LogP contribution in [0, 0.1) is 5.41 Å². The van der Waals surface area contributed by atoms with Crippen molar-refractivity contribution in [2.24, 2.45) is 16.3 Å². The number of hydrogen-bond donors (Lipinski definition) is 3. The van der Waals surface area contributed by atoms with Crippen molar-refractivity contribution in [1.82, 2.24) is 10.7 Å². The number of carbonyl (C=O) groups is 1. The first-order chi connectivity index (χ1) is 10.00. The molecule has 1 aliphatic carbocycles. The van der Waals surface area contributed by atoms with Crippen LogP contribution >= 0.6 is 0 Å². The number of hydrogen-bond acceptors (Lipinski definition) is 5. The zero-order valence-electron chi connectivity index (χ0n) is 12.3. The summed E-state index contributed by atoms with van der Waals surface area (Å²) in [6, 6.07) is 9.57. The van der Waals surface area contributed by atoms with Gasteiger partial charge in [0.15, 0.2) is 5.78 Å². The van der Waals surface area contributed by atoms with Crippen LogP contribution in [0.5, 0.6) is 0 Å². The Labute approximate surface area is 124 Å². The maximum Gasteiger partial charge on any atom is 0.210 e. The molecule has 21 heavy (non-hydrogen) atoms. The molecule has 0 saturated carbocycles. The molecule has 5 heteroatoms. The van der Waals surface area contributed by atoms with Crippen LogP contribution in [0.15, 0.2) is 46.6 Å². The molecule has 110 valence electrons. The molecule has 0 fully saturated rings. The van der Waals surface area contributed by atoms with E-state index in [9.17, 15) is 4.79 Å². The molecule has 3 rings (SSSR count). The summed E-state index contributed by atoms with van der Waals surface area (Å²) in [5.74, 6) is 6.19. The van der Waals surface area contributed by atoms with Gasteiger partial charge >= 0.3 is 0 Å². The molecule has 0 saturated heterocycles. The van der Waals surface area contributed by atoms with Crippen LogP contribution in [0.1, 0.15) is 38.3 Å². The van der Waals surface area contributed by atoms with Gasteiger partial charge in [0.1, 0.15) is 6.04 Å². The number of nitrogens with zero attached hydrogens (tertiary/aromatic N) is 1. The van der Waals surface area contributed by atoms with E-state index < -0.39 is 0 Å². The summed E-state index contributed by atoms with van der Waals surface area (Å²) in [6.45, 7) is 4.21. The Morgan fingerprint density at radius 1 is 1.29 bits per heavy atom. The summed E-state index contributed by atoms with van der Waals surface area (Å²) in [4.78, 5) is 17.1. The average Bonchev–Trinajstić information content (AvgIpc) is 2.45. The smallest absolute Gasteiger partial charge is 0.210 e. The largest absolute Gasteiger partial charge is 0.328 e. The Bertz CT molecular complexity index is 631. The van der Waals surface area contributed by atoms with E-state index in [0.29, 0.717) is 12.4 Å². The molecule has 0 spiro atoms. The molecule has 0 aromatic heterocycles. The van der Waals surface area contributed by atoms with Gasteiger partial charge in [0.2, 0.25) is 5.96 Å². The van der Waals surface area contributed by atoms with Crippen LogP contribution in [0.2, 0.25) is 0 Å². The first-order valence-corrected chi connectivity index (χ1v) is 7.13. The SMILES string of the molecule is CC1(C)CC(=O)C2=C(C1)NC(NN)=NC2c1ccccc1. The van der Waals surface area contributed by atoms with Gasteiger partial charge in [-0.3, -0.25) is 10.2 Å². The number of nitrogens with one attached hydrogen (secondary N) is 2. The van der Waals surface area contributed by atoms with E-state index in [4.69, 9.17) is 5.84 Å². The van der Waals surface area contributed by atoms with E-state index in [2.05, 4.69) is 29.6 Å². The Morgan fingerprint density at radius 2 is 2.00 bits per heavy atom. The fraction of sp³-hybridized carbons (Fsp3) is 0.375. The highest BCUT2D eigenvalue weighted by Crippen LogP contribution is 2.42. The monoisotopic (exact) mass is 284 g/mol. The number of nitrogens with two attached hydrogens (primary N) is 1. The summed E-state index contributed by atoms with van der Waals surface area (Å²) in [5.41, 5.74) is 5.25. The van der Waals surface area contributed by atoms with Crippen molar-refractivity contribution in [3.8, 4) is 0 Å². The van der Waals surface area contributed by atoms with E-state index in [1.165, 1.54) is 0 Å². The number of rotatable bonds is 1. The number of aliphatic imine (C=N–C) groups is 1. The molecular formula is C16H20N4O. The number of guanidine groups is 1. The molecule has 4 N–H and O–H groups in total. The van der Waals surface area contributed by atoms with E-state index >= 15 is 0 Å². The second-order valence-electron chi connectivity index (χ2n) is 6.39. The van der Waals surface area contributed by atoms with Crippen molar-refractivity contribution in [2.75, 3.05) is 0 Å². The van der Waals surface area contributed by atoms with E-state index in [1.54, 1.807) is 0 Å². The van der Waals surface area contributed by atoms with E-state index in [-0.39, 0.29) is 17.2 Å². The van der Waals surface area contributed by atoms with Crippen LogP contribution in [0.3, 0.4) is 0 Å². The standard InChI is InChI=1S/C16H20N4O/c1-16(2)8-11-13(12(21)9-16)14(19-15(18-11)20-17)10-6-4-3-5-7-10/h3-7,14H,8-9,17H2,1-2H3,(H2,18,19,20). The molecule has 1 aromatic carbocycles. The highest BCUT2D eigenvalue weighted by molar-refractivity contribution is 6.01. The lowest BCUT2D eigenvalue weighted by molar-refractivity contribution is -0.118. The normalized spacial score (nSPS) is 24.0. The van der Waals surface area contributed by atoms with Crippen LogP contribution in [-0.4, -0.2) is 11.7 Å². The molecular weight excluding hydrogens is 264 g/mol. The van der Waals surface area contributed by atoms with E-state index in [0.717, 1.165) is 23.3 Å². The van der Waals surface area contributed by atoms with Crippen molar-refractivity contribution in [3.63, 3.8) is 0 Å². The molecule has 1 atom stereocenters. The number of allylic oxidation sites excluding steroid dienone is 1. The minimum absolute atomic E-state index is 0.0405. The Hall–Kier alpha value is -2.14. The third-order valence-corrected chi connectivity index (χ3v) is 3.97. The highest BCUT2D eigenvalue weighted by atomic mass is 16.1. The maximum atomic E-state index is 12.6. The molecule has 0 radical (unpaired) electrons. The second-order valence-corrected chi connectivity index (χ2v) is 6.39. The first kappa shape index (κ1) is 13.8. The van der Waals surface area contributed by atoms with Gasteiger partial charge in [0, 0.05) is 17.7 Å². The number of benzene rings is 1. The predicted octanol–water partition coefficient (Wildman–Crippen LogP) is 1.79. The molecule has 0 bridgehead atoms. The fourth-order valence-electron chi connectivity index (χ4n) is 3.08. The predicted molar refractivity (Wildman–Crippen MR) is 82.1 cm³/mol. The lowest BCUT2D eigenvalue weighted by atomic mass is 9.73. The molecule has 1 heterocycles. The number of hydrazine groups is 1. The van der Waals surface area contributed by atoms with Crippen LogP contribution < -0.4 is 16.6 Å². The topological polar surface area (TPSA) is 79.5 Å². The molecule has 1 unspecified atom stereocenters. The zero-order valence-corrected chi connectivity index (χ0v) is 12.3. The van der Waals surface area contributed by atoms with E-state index in [1.807, 2.05) is 30.3 Å². The van der Waals surface area contributed by atoms with Crippen molar-refractivity contribution >= 4 is 11.7 Å². The van der Waals surface area contributed by atoms with Crippen molar-refractivity contribution in [2.45, 2.75) is 32.7 Å². The summed E-state index contributed by atoms with van der Waals surface area (Å²) < 4.78 is 0. The number of Topliss-reactive ketones (excluding diaryl/α,β-unsaturated/α-hetero) is 1. The second kappa shape index (κ2) is 5.00. The van der Waals surface area contributed by atoms with Crippen molar-refractivity contribution in [3.05, 3.63) is 47.2 Å². The Morgan fingerprint density at radius 3 is 2.67 bits per heavy atom. The third-order valence-electron chi connectivity index (χ3n) is 3.97. The number of carbonyl (C=O) groups excluding carboxylic acids is 1. The van der Waals surface area contributed by atoms with Gasteiger partial charge in [-0.05, 0) is 17.4 Å². The summed E-state index contributed by atoms with van der Waals surface area (Å²) >= 11 is 0. The van der Waals surface area contributed by atoms with Gasteiger partial charge in [-0.25, -0.2) is 10.8 Å². The molecule has 1 aromatic rings. The molecule has 0 amide bonds. The van der Waals surface area contributed by atoms with Gasteiger partial charge in [0.05, 0.1) is 0 Å².